The van der Waals surface area contributed by atoms with Crippen molar-refractivity contribution in [1.82, 2.24) is 15.0 Å². The zero-order chi connectivity index (χ0) is 41.4. The summed E-state index contributed by atoms with van der Waals surface area (Å²) in [6, 6.07) is 64.3. The number of nitrogens with zero attached hydrogens (tertiary/aromatic N) is 3. The standard InChI is InChI=1S/C58H39N3O2/c1-2-14-35(15-3-1)36-18-12-19-40(31-36)56-59-57(48-25-13-24-47-45-22-8-10-26-52(45)62-54(47)48)61-58(60-56)51-34-41(33-50-46-23-9-11-27-53(46)63-55(50)51)42-29-28-39-30-37-16-4-5-17-38(37)32-49(39)44-21-7-6-20-43(42)44/h1-27,30-34,42,50,55H,28-29H2. The van der Waals surface area contributed by atoms with E-state index in [0.717, 1.165) is 68.4 Å². The third kappa shape index (κ3) is 5.95. The molecule has 298 valence electrons. The van der Waals surface area contributed by atoms with Gasteiger partial charge >= 0.3 is 0 Å². The van der Waals surface area contributed by atoms with Gasteiger partial charge in [-0.3, -0.25) is 0 Å². The van der Waals surface area contributed by atoms with Crippen molar-refractivity contribution in [3.05, 3.63) is 222 Å². The number of benzene rings is 8. The lowest BCUT2D eigenvalue weighted by atomic mass is 9.77. The number of aryl methyl sites for hydroxylation is 1. The Hall–Kier alpha value is -7.89. The van der Waals surface area contributed by atoms with E-state index in [1.807, 2.05) is 24.3 Å². The van der Waals surface area contributed by atoms with Crippen LogP contribution in [0, 0.1) is 0 Å². The number of rotatable bonds is 5. The first-order valence-corrected chi connectivity index (χ1v) is 21.8. The first kappa shape index (κ1) is 35.8. The summed E-state index contributed by atoms with van der Waals surface area (Å²) >= 11 is 0. The number of hydrogen-bond acceptors (Lipinski definition) is 5. The van der Waals surface area contributed by atoms with E-state index < -0.39 is 0 Å². The molecule has 3 atom stereocenters. The van der Waals surface area contributed by atoms with Gasteiger partial charge in [0.2, 0.25) is 0 Å². The smallest absolute Gasteiger partial charge is 0.167 e. The molecule has 63 heavy (non-hydrogen) atoms. The lowest BCUT2D eigenvalue weighted by Crippen LogP contribution is -2.25. The number of allylic oxidation sites excluding steroid dienone is 2. The molecule has 3 aliphatic rings. The second kappa shape index (κ2) is 14.4. The minimum absolute atomic E-state index is 0.0274. The van der Waals surface area contributed by atoms with E-state index in [0.29, 0.717) is 17.5 Å². The highest BCUT2D eigenvalue weighted by molar-refractivity contribution is 6.09. The third-order valence-electron chi connectivity index (χ3n) is 13.3. The number of para-hydroxylation sites is 3. The molecular weight excluding hydrogens is 771 g/mol. The minimum Gasteiger partial charge on any atom is -0.484 e. The lowest BCUT2D eigenvalue weighted by Gasteiger charge is -2.29. The second-order valence-corrected chi connectivity index (χ2v) is 16.9. The summed E-state index contributed by atoms with van der Waals surface area (Å²) in [7, 11) is 0. The zero-order valence-corrected chi connectivity index (χ0v) is 34.3. The van der Waals surface area contributed by atoms with E-state index in [2.05, 4.69) is 170 Å². The molecule has 13 rings (SSSR count). The van der Waals surface area contributed by atoms with Gasteiger partial charge < -0.3 is 9.15 Å². The quantitative estimate of drug-likeness (QED) is 0.173. The van der Waals surface area contributed by atoms with Crippen LogP contribution in [0.15, 0.2) is 204 Å². The van der Waals surface area contributed by atoms with Crippen LogP contribution < -0.4 is 4.74 Å². The number of hydrogen-bond donors (Lipinski definition) is 0. The molecule has 5 heteroatoms. The number of ether oxygens (including phenoxy) is 1. The Morgan fingerprint density at radius 2 is 1.17 bits per heavy atom. The van der Waals surface area contributed by atoms with Gasteiger partial charge in [-0.25, -0.2) is 15.0 Å². The minimum atomic E-state index is -0.324. The highest BCUT2D eigenvalue weighted by Gasteiger charge is 2.41. The zero-order valence-electron chi connectivity index (χ0n) is 34.3. The maximum absolute atomic E-state index is 6.95. The molecule has 0 spiro atoms. The van der Waals surface area contributed by atoms with Gasteiger partial charge in [-0.2, -0.15) is 0 Å². The summed E-state index contributed by atoms with van der Waals surface area (Å²) in [5.74, 6) is 2.74. The van der Waals surface area contributed by atoms with Crippen LogP contribution in [-0.2, 0) is 6.42 Å². The Morgan fingerprint density at radius 3 is 2.10 bits per heavy atom. The van der Waals surface area contributed by atoms with Gasteiger partial charge in [0.1, 0.15) is 23.0 Å². The largest absolute Gasteiger partial charge is 0.484 e. The topological polar surface area (TPSA) is 61.0 Å². The molecule has 2 aliphatic carbocycles. The molecule has 2 aromatic heterocycles. The van der Waals surface area contributed by atoms with E-state index in [-0.39, 0.29) is 17.9 Å². The molecule has 10 aromatic rings. The summed E-state index contributed by atoms with van der Waals surface area (Å²) in [5.41, 5.74) is 14.2. The number of furan rings is 1. The maximum Gasteiger partial charge on any atom is 0.167 e. The van der Waals surface area contributed by atoms with Crippen molar-refractivity contribution in [3.63, 3.8) is 0 Å². The highest BCUT2D eigenvalue weighted by Crippen LogP contribution is 2.51. The Labute approximate surface area is 364 Å². The molecule has 0 fully saturated rings. The maximum atomic E-state index is 6.95. The third-order valence-corrected chi connectivity index (χ3v) is 13.3. The van der Waals surface area contributed by atoms with Gasteiger partial charge in [0, 0.05) is 39.3 Å². The van der Waals surface area contributed by atoms with Crippen molar-refractivity contribution < 1.29 is 9.15 Å². The van der Waals surface area contributed by atoms with Crippen LogP contribution in [0.5, 0.6) is 5.75 Å². The summed E-state index contributed by atoms with van der Waals surface area (Å²) in [6.07, 6.45) is 6.41. The Kier molecular flexibility index (Phi) is 8.16. The number of fused-ring (bicyclic) bond motifs is 10. The van der Waals surface area contributed by atoms with Gasteiger partial charge in [0.05, 0.1) is 5.56 Å². The van der Waals surface area contributed by atoms with Gasteiger partial charge in [-0.1, -0.05) is 158 Å². The summed E-state index contributed by atoms with van der Waals surface area (Å²) in [5, 5.41) is 4.63. The van der Waals surface area contributed by atoms with Gasteiger partial charge in [0.15, 0.2) is 17.5 Å². The monoisotopic (exact) mass is 809 g/mol. The molecule has 0 radical (unpaired) electrons. The van der Waals surface area contributed by atoms with E-state index >= 15 is 0 Å². The molecule has 0 amide bonds. The Bertz CT molecular complexity index is 3530. The van der Waals surface area contributed by atoms with Crippen molar-refractivity contribution in [2.24, 2.45) is 0 Å². The fourth-order valence-corrected chi connectivity index (χ4v) is 10.3. The predicted octanol–water partition coefficient (Wildman–Crippen LogP) is 14.2. The first-order chi connectivity index (χ1) is 31.2. The van der Waals surface area contributed by atoms with Crippen molar-refractivity contribution >= 4 is 38.3 Å². The highest BCUT2D eigenvalue weighted by atomic mass is 16.5. The fraction of sp³-hybridized carbons (Fsp3) is 0.0862. The van der Waals surface area contributed by atoms with Gasteiger partial charge in [-0.05, 0) is 99.0 Å². The fourth-order valence-electron chi connectivity index (χ4n) is 10.3. The van der Waals surface area contributed by atoms with E-state index in [1.54, 1.807) is 0 Å². The SMILES string of the molecule is C1=C(C2CCc3cc4ccccc4cc3-c3ccccc32)C=C(c2nc(-c3cccc(-c4ccccc4)c3)nc(-c3cccc4c3oc3ccccc34)n2)C2Oc3ccccc3C12. The molecule has 1 aliphatic heterocycles. The Balaban J connectivity index is 1.02. The van der Waals surface area contributed by atoms with Crippen molar-refractivity contribution in [1.29, 1.82) is 0 Å². The van der Waals surface area contributed by atoms with E-state index in [1.165, 1.54) is 44.2 Å². The average Bonchev–Trinajstić information content (AvgIpc) is 3.88. The van der Waals surface area contributed by atoms with E-state index in [4.69, 9.17) is 24.1 Å². The first-order valence-electron chi connectivity index (χ1n) is 21.8. The normalized spacial score (nSPS) is 17.6. The summed E-state index contributed by atoms with van der Waals surface area (Å²) in [4.78, 5) is 16.1. The lowest BCUT2D eigenvalue weighted by molar-refractivity contribution is 0.276. The molecular formula is C58H39N3O2. The van der Waals surface area contributed by atoms with Gasteiger partial charge in [0.25, 0.3) is 0 Å². The van der Waals surface area contributed by atoms with Crippen LogP contribution in [0.4, 0.5) is 0 Å². The molecule has 0 bridgehead atoms. The van der Waals surface area contributed by atoms with Crippen LogP contribution >= 0.6 is 0 Å². The molecule has 3 heterocycles. The van der Waals surface area contributed by atoms with Crippen LogP contribution in [0.3, 0.4) is 0 Å². The van der Waals surface area contributed by atoms with Crippen molar-refractivity contribution in [2.45, 2.75) is 30.8 Å². The molecule has 3 unspecified atom stereocenters. The van der Waals surface area contributed by atoms with Crippen LogP contribution in [0.2, 0.25) is 0 Å². The molecule has 0 N–H and O–H groups in total. The van der Waals surface area contributed by atoms with Gasteiger partial charge in [-0.15, -0.1) is 0 Å². The molecule has 8 aromatic carbocycles. The van der Waals surface area contributed by atoms with Crippen LogP contribution in [-0.4, -0.2) is 21.1 Å². The van der Waals surface area contributed by atoms with Crippen molar-refractivity contribution in [3.8, 4) is 50.8 Å². The summed E-state index contributed by atoms with van der Waals surface area (Å²) < 4.78 is 13.6. The number of aromatic nitrogens is 3. The van der Waals surface area contributed by atoms with Crippen LogP contribution in [0.1, 0.15) is 40.8 Å². The second-order valence-electron chi connectivity index (χ2n) is 16.9. The van der Waals surface area contributed by atoms with Crippen LogP contribution in [0.25, 0.3) is 83.3 Å². The molecule has 0 saturated carbocycles. The van der Waals surface area contributed by atoms with Crippen molar-refractivity contribution in [2.75, 3.05) is 0 Å². The summed E-state index contributed by atoms with van der Waals surface area (Å²) in [6.45, 7) is 0. The van der Waals surface area contributed by atoms with E-state index in [9.17, 15) is 0 Å². The Morgan fingerprint density at radius 1 is 0.492 bits per heavy atom. The average molecular weight is 810 g/mol. The molecule has 0 saturated heterocycles. The predicted molar refractivity (Wildman–Crippen MR) is 254 cm³/mol. The molecule has 5 nitrogen and oxygen atoms in total.